The van der Waals surface area contributed by atoms with Crippen LogP contribution in [0.2, 0.25) is 0 Å². The van der Waals surface area contributed by atoms with Gasteiger partial charge >= 0.3 is 5.97 Å². The molecule has 2 aromatic rings. The number of aryl methyl sites for hydroxylation is 1. The lowest BCUT2D eigenvalue weighted by molar-refractivity contribution is -0.143. The lowest BCUT2D eigenvalue weighted by atomic mass is 10.2. The zero-order chi connectivity index (χ0) is 13.1. The number of rotatable bonds is 3. The van der Waals surface area contributed by atoms with E-state index in [9.17, 15) is 4.79 Å². The van der Waals surface area contributed by atoms with Crippen molar-refractivity contribution in [2.75, 3.05) is 6.61 Å². The summed E-state index contributed by atoms with van der Waals surface area (Å²) in [5, 5.41) is 0.886. The molecule has 0 amide bonds. The lowest BCUT2D eigenvalue weighted by Gasteiger charge is -2.08. The Morgan fingerprint density at radius 3 is 3.00 bits per heavy atom. The molecule has 4 nitrogen and oxygen atoms in total. The Labute approximate surface area is 110 Å². The first kappa shape index (κ1) is 12.7. The van der Waals surface area contributed by atoms with E-state index in [1.165, 1.54) is 0 Å². The van der Waals surface area contributed by atoms with Crippen molar-refractivity contribution in [3.8, 4) is 0 Å². The molecule has 94 valence electrons. The standard InChI is InChI=1S/C13H14N2O2S/c1-3-17-12(16)7-15-8-14-11-5-4-9(2)6-10(11)13(15)18/h4-6,8H,3,7H2,1-2H3. The second-order valence-electron chi connectivity index (χ2n) is 4.00. The quantitative estimate of drug-likeness (QED) is 0.630. The van der Waals surface area contributed by atoms with E-state index in [1.54, 1.807) is 17.8 Å². The molecule has 0 fully saturated rings. The monoisotopic (exact) mass is 262 g/mol. The highest BCUT2D eigenvalue weighted by molar-refractivity contribution is 7.71. The predicted molar refractivity (Wildman–Crippen MR) is 71.9 cm³/mol. The Morgan fingerprint density at radius 1 is 1.50 bits per heavy atom. The van der Waals surface area contributed by atoms with E-state index >= 15 is 0 Å². The van der Waals surface area contributed by atoms with Gasteiger partial charge in [-0.25, -0.2) is 4.98 Å². The van der Waals surface area contributed by atoms with Crippen molar-refractivity contribution in [1.82, 2.24) is 9.55 Å². The average molecular weight is 262 g/mol. The molecule has 0 saturated heterocycles. The molecule has 1 heterocycles. The highest BCUT2D eigenvalue weighted by Gasteiger charge is 2.06. The van der Waals surface area contributed by atoms with Gasteiger partial charge in [0.2, 0.25) is 0 Å². The first-order chi connectivity index (χ1) is 8.61. The van der Waals surface area contributed by atoms with Crippen molar-refractivity contribution in [2.45, 2.75) is 20.4 Å². The first-order valence-corrected chi connectivity index (χ1v) is 6.14. The number of esters is 1. The highest BCUT2D eigenvalue weighted by atomic mass is 32.1. The second kappa shape index (κ2) is 5.27. The molecule has 18 heavy (non-hydrogen) atoms. The van der Waals surface area contributed by atoms with Crippen LogP contribution in [0.1, 0.15) is 12.5 Å². The number of nitrogens with zero attached hydrogens (tertiary/aromatic N) is 2. The summed E-state index contributed by atoms with van der Waals surface area (Å²) in [6.07, 6.45) is 1.58. The van der Waals surface area contributed by atoms with Gasteiger partial charge in [0.05, 0.1) is 18.5 Å². The predicted octanol–water partition coefficient (Wildman–Crippen LogP) is 2.64. The van der Waals surface area contributed by atoms with Gasteiger partial charge in [-0.1, -0.05) is 23.8 Å². The third kappa shape index (κ3) is 2.56. The number of ether oxygens (including phenoxy) is 1. The fourth-order valence-electron chi connectivity index (χ4n) is 1.73. The Hall–Kier alpha value is -1.75. The van der Waals surface area contributed by atoms with E-state index in [4.69, 9.17) is 17.0 Å². The number of hydrogen-bond acceptors (Lipinski definition) is 4. The molecule has 1 aromatic heterocycles. The molecule has 0 aliphatic heterocycles. The molecule has 5 heteroatoms. The van der Waals surface area contributed by atoms with Gasteiger partial charge in [0.15, 0.2) is 0 Å². The summed E-state index contributed by atoms with van der Waals surface area (Å²) in [6, 6.07) is 5.89. The Balaban J connectivity index is 2.44. The number of benzene rings is 1. The summed E-state index contributed by atoms with van der Waals surface area (Å²) in [6.45, 7) is 4.24. The fourth-order valence-corrected chi connectivity index (χ4v) is 2.01. The minimum absolute atomic E-state index is 0.101. The third-order valence-electron chi connectivity index (χ3n) is 2.58. The van der Waals surface area contributed by atoms with Gasteiger partial charge in [-0.2, -0.15) is 0 Å². The molecule has 0 aliphatic carbocycles. The van der Waals surface area contributed by atoms with Crippen LogP contribution in [0.3, 0.4) is 0 Å². The summed E-state index contributed by atoms with van der Waals surface area (Å²) in [7, 11) is 0. The molecule has 0 saturated carbocycles. The van der Waals surface area contributed by atoms with Gasteiger partial charge in [0.1, 0.15) is 11.2 Å². The number of carbonyl (C=O) groups excluding carboxylic acids is 1. The molecule has 0 radical (unpaired) electrons. The van der Waals surface area contributed by atoms with E-state index in [2.05, 4.69) is 4.98 Å². The topological polar surface area (TPSA) is 44.1 Å². The van der Waals surface area contributed by atoms with Gasteiger partial charge in [-0.15, -0.1) is 0 Å². The van der Waals surface area contributed by atoms with Gasteiger partial charge in [0.25, 0.3) is 0 Å². The molecular formula is C13H14N2O2S. The summed E-state index contributed by atoms with van der Waals surface area (Å²) < 4.78 is 7.14. The lowest BCUT2D eigenvalue weighted by Crippen LogP contribution is -2.14. The van der Waals surface area contributed by atoms with E-state index in [0.717, 1.165) is 16.5 Å². The van der Waals surface area contributed by atoms with Crippen LogP contribution in [-0.2, 0) is 16.1 Å². The molecule has 0 aliphatic rings. The van der Waals surface area contributed by atoms with Crippen LogP contribution >= 0.6 is 12.2 Å². The molecule has 0 unspecified atom stereocenters. The largest absolute Gasteiger partial charge is 0.465 e. The SMILES string of the molecule is CCOC(=O)Cn1cnc2ccc(C)cc2c1=S. The van der Waals surface area contributed by atoms with Crippen molar-refractivity contribution in [3.63, 3.8) is 0 Å². The molecule has 0 atom stereocenters. The molecule has 0 bridgehead atoms. The van der Waals surface area contributed by atoms with Crippen LogP contribution in [0.25, 0.3) is 10.9 Å². The Bertz CT molecular complexity index is 649. The maximum Gasteiger partial charge on any atom is 0.326 e. The van der Waals surface area contributed by atoms with E-state index in [0.29, 0.717) is 11.2 Å². The molecule has 0 N–H and O–H groups in total. The fraction of sp³-hybridized carbons (Fsp3) is 0.308. The molecule has 1 aromatic carbocycles. The molecule has 0 spiro atoms. The number of hydrogen-bond donors (Lipinski definition) is 0. The van der Waals surface area contributed by atoms with Crippen LogP contribution < -0.4 is 0 Å². The second-order valence-corrected chi connectivity index (χ2v) is 4.39. The normalized spacial score (nSPS) is 10.6. The summed E-state index contributed by atoms with van der Waals surface area (Å²) in [5.74, 6) is -0.303. The van der Waals surface area contributed by atoms with Gasteiger partial charge in [-0.05, 0) is 26.0 Å². The maximum atomic E-state index is 11.5. The summed E-state index contributed by atoms with van der Waals surface area (Å²) in [5.41, 5.74) is 1.95. The summed E-state index contributed by atoms with van der Waals surface area (Å²) in [4.78, 5) is 15.7. The van der Waals surface area contributed by atoms with Crippen molar-refractivity contribution < 1.29 is 9.53 Å². The minimum atomic E-state index is -0.303. The minimum Gasteiger partial charge on any atom is -0.465 e. The smallest absolute Gasteiger partial charge is 0.326 e. The van der Waals surface area contributed by atoms with Crippen LogP contribution in [0.15, 0.2) is 24.5 Å². The molecule has 2 rings (SSSR count). The van der Waals surface area contributed by atoms with Gasteiger partial charge in [0, 0.05) is 5.39 Å². The Kier molecular flexibility index (Phi) is 3.72. The first-order valence-electron chi connectivity index (χ1n) is 5.73. The Morgan fingerprint density at radius 2 is 2.28 bits per heavy atom. The zero-order valence-electron chi connectivity index (χ0n) is 10.3. The van der Waals surface area contributed by atoms with Crippen LogP contribution in [0.4, 0.5) is 0 Å². The van der Waals surface area contributed by atoms with Crippen molar-refractivity contribution in [3.05, 3.63) is 34.7 Å². The summed E-state index contributed by atoms with van der Waals surface area (Å²) >= 11 is 5.37. The van der Waals surface area contributed by atoms with Crippen LogP contribution in [-0.4, -0.2) is 22.1 Å². The van der Waals surface area contributed by atoms with Crippen molar-refractivity contribution >= 4 is 29.1 Å². The number of fused-ring (bicyclic) bond motifs is 1. The van der Waals surface area contributed by atoms with Crippen molar-refractivity contribution in [2.24, 2.45) is 0 Å². The zero-order valence-corrected chi connectivity index (χ0v) is 11.2. The van der Waals surface area contributed by atoms with Gasteiger partial charge in [-0.3, -0.25) is 4.79 Å². The maximum absolute atomic E-state index is 11.5. The third-order valence-corrected chi connectivity index (χ3v) is 3.04. The number of carbonyl (C=O) groups is 1. The molecular weight excluding hydrogens is 248 g/mol. The van der Waals surface area contributed by atoms with Gasteiger partial charge < -0.3 is 9.30 Å². The number of aromatic nitrogens is 2. The van der Waals surface area contributed by atoms with E-state index in [-0.39, 0.29) is 12.5 Å². The van der Waals surface area contributed by atoms with E-state index in [1.807, 2.05) is 25.1 Å². The van der Waals surface area contributed by atoms with Crippen LogP contribution in [0, 0.1) is 11.6 Å². The highest BCUT2D eigenvalue weighted by Crippen LogP contribution is 2.15. The van der Waals surface area contributed by atoms with Crippen molar-refractivity contribution in [1.29, 1.82) is 0 Å². The van der Waals surface area contributed by atoms with E-state index < -0.39 is 0 Å². The average Bonchev–Trinajstić information content (AvgIpc) is 2.34. The van der Waals surface area contributed by atoms with Crippen LogP contribution in [0.5, 0.6) is 0 Å².